The molecule has 0 amide bonds. The lowest BCUT2D eigenvalue weighted by molar-refractivity contribution is 0.595. The second-order valence-electron chi connectivity index (χ2n) is 3.43. The van der Waals surface area contributed by atoms with Crippen molar-refractivity contribution in [3.63, 3.8) is 0 Å². The normalized spacial score (nSPS) is 11.1. The summed E-state index contributed by atoms with van der Waals surface area (Å²) in [6.45, 7) is 0. The Labute approximate surface area is 99.0 Å². The molecule has 0 heterocycles. The van der Waals surface area contributed by atoms with Crippen LogP contribution in [0.25, 0.3) is 0 Å². The van der Waals surface area contributed by atoms with Gasteiger partial charge in [-0.15, -0.1) is 0 Å². The minimum Gasteiger partial charge on any atom is -0.280 e. The van der Waals surface area contributed by atoms with Gasteiger partial charge in [0.1, 0.15) is 5.82 Å². The molecule has 0 saturated carbocycles. The maximum absolute atomic E-state index is 12.9. The second-order valence-corrected chi connectivity index (χ2v) is 5.11. The molecule has 0 unspecified atom stereocenters. The molecule has 17 heavy (non-hydrogen) atoms. The Morgan fingerprint density at radius 2 is 1.65 bits per heavy atom. The average Bonchev–Trinajstić information content (AvgIpc) is 2.30. The zero-order valence-corrected chi connectivity index (χ0v) is 9.62. The first-order valence-corrected chi connectivity index (χ1v) is 6.40. The lowest BCUT2D eigenvalue weighted by Gasteiger charge is -2.07. The van der Waals surface area contributed by atoms with Crippen LogP contribution in [0.4, 0.5) is 10.1 Å². The quantitative estimate of drug-likeness (QED) is 0.911. The van der Waals surface area contributed by atoms with E-state index < -0.39 is 15.8 Å². The number of rotatable bonds is 3. The molecule has 2 rings (SSSR count). The maximum Gasteiger partial charge on any atom is 0.261 e. The van der Waals surface area contributed by atoms with Crippen molar-refractivity contribution in [3.8, 4) is 0 Å². The molecule has 0 spiro atoms. The molecule has 2 aromatic rings. The van der Waals surface area contributed by atoms with E-state index >= 15 is 0 Å². The third-order valence-electron chi connectivity index (χ3n) is 2.13. The van der Waals surface area contributed by atoms with Crippen molar-refractivity contribution in [1.82, 2.24) is 0 Å². The van der Waals surface area contributed by atoms with E-state index in [1.165, 1.54) is 18.2 Å². The molecule has 1 N–H and O–H groups in total. The molecule has 0 aromatic heterocycles. The van der Waals surface area contributed by atoms with Crippen LogP contribution in [0.3, 0.4) is 0 Å². The molecule has 0 fully saturated rings. The van der Waals surface area contributed by atoms with Gasteiger partial charge in [0, 0.05) is 5.69 Å². The van der Waals surface area contributed by atoms with E-state index in [2.05, 4.69) is 4.72 Å². The predicted molar refractivity (Wildman–Crippen MR) is 63.7 cm³/mol. The Hall–Kier alpha value is -1.88. The standard InChI is InChI=1S/C12H10FNO2S/c13-10-5-4-8-12(9-10)17(15,16)14-11-6-2-1-3-7-11/h1-9,14H. The van der Waals surface area contributed by atoms with Crippen molar-refractivity contribution < 1.29 is 12.8 Å². The molecule has 2 aromatic carbocycles. The summed E-state index contributed by atoms with van der Waals surface area (Å²) >= 11 is 0. The third-order valence-corrected chi connectivity index (χ3v) is 3.51. The van der Waals surface area contributed by atoms with Gasteiger partial charge < -0.3 is 0 Å². The van der Waals surface area contributed by atoms with Crippen LogP contribution in [-0.2, 0) is 10.0 Å². The summed E-state index contributed by atoms with van der Waals surface area (Å²) in [5, 5.41) is 0. The summed E-state index contributed by atoms with van der Waals surface area (Å²) in [5.41, 5.74) is 0.441. The molecule has 0 aliphatic heterocycles. The minimum absolute atomic E-state index is 0.0960. The number of para-hydroxylation sites is 1. The molecule has 0 atom stereocenters. The molecule has 0 radical (unpaired) electrons. The van der Waals surface area contributed by atoms with Crippen molar-refractivity contribution in [2.45, 2.75) is 4.90 Å². The van der Waals surface area contributed by atoms with E-state index in [4.69, 9.17) is 0 Å². The highest BCUT2D eigenvalue weighted by Crippen LogP contribution is 2.16. The van der Waals surface area contributed by atoms with Crippen LogP contribution in [-0.4, -0.2) is 8.42 Å². The summed E-state index contributed by atoms with van der Waals surface area (Å²) in [6, 6.07) is 13.3. The molecule has 0 aliphatic rings. The van der Waals surface area contributed by atoms with Crippen LogP contribution in [0.5, 0.6) is 0 Å². The smallest absolute Gasteiger partial charge is 0.261 e. The average molecular weight is 251 g/mol. The van der Waals surface area contributed by atoms with Crippen LogP contribution < -0.4 is 4.72 Å². The fourth-order valence-electron chi connectivity index (χ4n) is 1.35. The molecular weight excluding hydrogens is 241 g/mol. The number of nitrogens with one attached hydrogen (secondary N) is 1. The van der Waals surface area contributed by atoms with E-state index in [1.807, 2.05) is 0 Å². The lowest BCUT2D eigenvalue weighted by atomic mass is 10.3. The van der Waals surface area contributed by atoms with Crippen LogP contribution in [0, 0.1) is 5.82 Å². The van der Waals surface area contributed by atoms with E-state index in [-0.39, 0.29) is 4.90 Å². The van der Waals surface area contributed by atoms with Gasteiger partial charge in [-0.1, -0.05) is 24.3 Å². The van der Waals surface area contributed by atoms with Crippen molar-refractivity contribution in [3.05, 3.63) is 60.4 Å². The highest BCUT2D eigenvalue weighted by molar-refractivity contribution is 7.92. The van der Waals surface area contributed by atoms with Gasteiger partial charge in [0.05, 0.1) is 4.90 Å². The van der Waals surface area contributed by atoms with Gasteiger partial charge in [-0.2, -0.15) is 0 Å². The highest BCUT2D eigenvalue weighted by atomic mass is 32.2. The second kappa shape index (κ2) is 4.55. The van der Waals surface area contributed by atoms with E-state index in [9.17, 15) is 12.8 Å². The first-order valence-electron chi connectivity index (χ1n) is 4.91. The monoisotopic (exact) mass is 251 g/mol. The van der Waals surface area contributed by atoms with Gasteiger partial charge in [0.25, 0.3) is 10.0 Å². The van der Waals surface area contributed by atoms with Crippen molar-refractivity contribution in [2.75, 3.05) is 4.72 Å². The first kappa shape index (κ1) is 11.6. The number of hydrogen-bond donors (Lipinski definition) is 1. The Morgan fingerprint density at radius 1 is 0.941 bits per heavy atom. The van der Waals surface area contributed by atoms with Crippen molar-refractivity contribution >= 4 is 15.7 Å². The third kappa shape index (κ3) is 2.82. The molecular formula is C12H10FNO2S. The minimum atomic E-state index is -3.73. The lowest BCUT2D eigenvalue weighted by Crippen LogP contribution is -2.12. The Bertz CT molecular complexity index is 611. The zero-order valence-electron chi connectivity index (χ0n) is 8.80. The number of halogens is 1. The van der Waals surface area contributed by atoms with Gasteiger partial charge in [0.2, 0.25) is 0 Å². The Morgan fingerprint density at radius 3 is 2.29 bits per heavy atom. The van der Waals surface area contributed by atoms with E-state index in [0.29, 0.717) is 5.69 Å². The Balaban J connectivity index is 2.32. The predicted octanol–water partition coefficient (Wildman–Crippen LogP) is 2.63. The van der Waals surface area contributed by atoms with Crippen LogP contribution in [0.15, 0.2) is 59.5 Å². The number of sulfonamides is 1. The molecule has 5 heteroatoms. The first-order chi connectivity index (χ1) is 8.08. The van der Waals surface area contributed by atoms with Gasteiger partial charge in [0.15, 0.2) is 0 Å². The van der Waals surface area contributed by atoms with Crippen molar-refractivity contribution in [2.24, 2.45) is 0 Å². The molecule has 0 bridgehead atoms. The van der Waals surface area contributed by atoms with E-state index in [1.54, 1.807) is 30.3 Å². The molecule has 88 valence electrons. The zero-order chi connectivity index (χ0) is 12.3. The largest absolute Gasteiger partial charge is 0.280 e. The number of hydrogen-bond acceptors (Lipinski definition) is 2. The SMILES string of the molecule is O=S(=O)(Nc1ccccc1)c1cccc(F)c1. The molecule has 3 nitrogen and oxygen atoms in total. The highest BCUT2D eigenvalue weighted by Gasteiger charge is 2.14. The van der Waals surface area contributed by atoms with Crippen LogP contribution in [0.1, 0.15) is 0 Å². The van der Waals surface area contributed by atoms with E-state index in [0.717, 1.165) is 6.07 Å². The summed E-state index contributed by atoms with van der Waals surface area (Å²) in [5.74, 6) is -0.582. The van der Waals surface area contributed by atoms with Gasteiger partial charge >= 0.3 is 0 Å². The molecule has 0 saturated heterocycles. The number of anilines is 1. The van der Waals surface area contributed by atoms with Crippen LogP contribution >= 0.6 is 0 Å². The summed E-state index contributed by atoms with van der Waals surface area (Å²) < 4.78 is 39.1. The summed E-state index contributed by atoms with van der Waals surface area (Å²) in [6.07, 6.45) is 0. The van der Waals surface area contributed by atoms with Crippen LogP contribution in [0.2, 0.25) is 0 Å². The fourth-order valence-corrected chi connectivity index (χ4v) is 2.44. The van der Waals surface area contributed by atoms with Crippen molar-refractivity contribution in [1.29, 1.82) is 0 Å². The molecule has 0 aliphatic carbocycles. The topological polar surface area (TPSA) is 46.2 Å². The maximum atomic E-state index is 12.9. The van der Waals surface area contributed by atoms with Gasteiger partial charge in [-0.3, -0.25) is 4.72 Å². The van der Waals surface area contributed by atoms with Gasteiger partial charge in [-0.05, 0) is 30.3 Å². The fraction of sp³-hybridized carbons (Fsp3) is 0. The Kier molecular flexibility index (Phi) is 3.10. The summed E-state index contributed by atoms with van der Waals surface area (Å²) in [4.78, 5) is -0.0960. The summed E-state index contributed by atoms with van der Waals surface area (Å²) in [7, 11) is -3.73. The van der Waals surface area contributed by atoms with Gasteiger partial charge in [-0.25, -0.2) is 12.8 Å². The number of benzene rings is 2.